The third kappa shape index (κ3) is 10.6. The third-order valence-corrected chi connectivity index (χ3v) is 10.7. The Kier molecular flexibility index (Phi) is 13.3. The number of ketones is 1. The number of hydrogen-bond donors (Lipinski definition) is 1. The van der Waals surface area contributed by atoms with Gasteiger partial charge in [-0.15, -0.1) is 11.3 Å². The normalized spacial score (nSPS) is 10.4. The van der Waals surface area contributed by atoms with E-state index >= 15 is 0 Å². The fraction of sp³-hybridized carbons (Fsp3) is 0.0638. The third-order valence-electron chi connectivity index (χ3n) is 8.45. The van der Waals surface area contributed by atoms with Crippen molar-refractivity contribution in [1.82, 2.24) is 9.97 Å². The summed E-state index contributed by atoms with van der Waals surface area (Å²) in [6, 6.07) is 55.6. The minimum absolute atomic E-state index is 0.1000. The van der Waals surface area contributed by atoms with Crippen molar-refractivity contribution in [2.75, 3.05) is 5.73 Å². The van der Waals surface area contributed by atoms with Gasteiger partial charge in [-0.1, -0.05) is 180 Å². The van der Waals surface area contributed by atoms with Gasteiger partial charge in [0.25, 0.3) is 5.24 Å². The van der Waals surface area contributed by atoms with Crippen LogP contribution in [0.4, 0.5) is 5.13 Å². The molecule has 0 radical (unpaired) electrons. The lowest BCUT2D eigenvalue weighted by atomic mass is 10.1. The zero-order valence-corrected chi connectivity index (χ0v) is 32.7. The number of nitrogens with two attached hydrogens (primary N) is 1. The second-order valence-corrected chi connectivity index (χ2v) is 15.0. The molecule has 0 aliphatic carbocycles. The van der Waals surface area contributed by atoms with Crippen molar-refractivity contribution in [2.45, 2.75) is 20.3 Å². The summed E-state index contributed by atoms with van der Waals surface area (Å²) < 4.78 is 0. The van der Waals surface area contributed by atoms with Gasteiger partial charge < -0.3 is 5.73 Å². The van der Waals surface area contributed by atoms with E-state index in [1.165, 1.54) is 11.3 Å². The number of thiazole rings is 2. The average molecular weight is 776 g/mol. The molecule has 6 aromatic carbocycles. The molecule has 8 heteroatoms. The highest BCUT2D eigenvalue weighted by molar-refractivity contribution is 7.19. The maximum Gasteiger partial charge on any atom is 0.252 e. The largest absolute Gasteiger partial charge is 0.375 e. The first-order valence-corrected chi connectivity index (χ1v) is 19.6. The molecular formula is C47H38ClN3O2S2. The number of hydrogen-bond acceptors (Lipinski definition) is 7. The van der Waals surface area contributed by atoms with E-state index in [0.29, 0.717) is 17.1 Å². The monoisotopic (exact) mass is 775 g/mol. The first-order chi connectivity index (χ1) is 26.7. The molecule has 2 N–H and O–H groups in total. The molecule has 2 aromatic heterocycles. The molecule has 8 aromatic rings. The smallest absolute Gasteiger partial charge is 0.252 e. The summed E-state index contributed by atoms with van der Waals surface area (Å²) in [4.78, 5) is 34.7. The number of halogens is 1. The summed E-state index contributed by atoms with van der Waals surface area (Å²) in [6.45, 7) is 3.98. The number of benzene rings is 6. The van der Waals surface area contributed by atoms with Crippen molar-refractivity contribution in [2.24, 2.45) is 0 Å². The molecule has 0 amide bonds. The molecule has 0 aliphatic heterocycles. The van der Waals surface area contributed by atoms with Gasteiger partial charge in [0.15, 0.2) is 10.9 Å². The first kappa shape index (κ1) is 38.7. The maximum absolute atomic E-state index is 12.7. The average Bonchev–Trinajstić information content (AvgIpc) is 3.84. The molecule has 0 aliphatic rings. The van der Waals surface area contributed by atoms with Gasteiger partial charge >= 0.3 is 0 Å². The van der Waals surface area contributed by atoms with Crippen LogP contribution in [0, 0.1) is 13.8 Å². The summed E-state index contributed by atoms with van der Waals surface area (Å²) in [5.74, 6) is 0.1000. The summed E-state index contributed by atoms with van der Waals surface area (Å²) in [6.07, 6.45) is 0.320. The quantitative estimate of drug-likeness (QED) is 0.123. The number of nitrogens with zero attached hydrogens (tertiary/aromatic N) is 2. The van der Waals surface area contributed by atoms with Crippen molar-refractivity contribution in [3.05, 3.63) is 197 Å². The molecule has 272 valence electrons. The molecule has 2 heterocycles. The van der Waals surface area contributed by atoms with Crippen LogP contribution in [0.25, 0.3) is 43.4 Å². The highest BCUT2D eigenvalue weighted by atomic mass is 35.5. The Bertz CT molecular complexity index is 2330. The van der Waals surface area contributed by atoms with Crippen molar-refractivity contribution >= 4 is 50.4 Å². The molecule has 0 unspecified atom stereocenters. The van der Waals surface area contributed by atoms with Crippen LogP contribution < -0.4 is 5.73 Å². The molecule has 0 atom stereocenters. The minimum atomic E-state index is -0.403. The second kappa shape index (κ2) is 18.9. The van der Waals surface area contributed by atoms with Crippen LogP contribution in [0.2, 0.25) is 0 Å². The lowest BCUT2D eigenvalue weighted by Gasteiger charge is -2.02. The number of carbonyl (C=O) groups excluding carboxylic acids is 2. The Morgan fingerprint density at radius 1 is 0.509 bits per heavy atom. The van der Waals surface area contributed by atoms with Gasteiger partial charge in [-0.25, -0.2) is 9.97 Å². The SMILES string of the molecule is Cc1ccc(C(=O)Cc2nc(-c3ccccc3)c(-c3ccccc3)s2)cc1.Cc1ccc(C(=O)Cl)cc1.Nc1nc(-c2ccccc2)c(-c2ccccc2)s1. The van der Waals surface area contributed by atoms with Crippen molar-refractivity contribution in [3.63, 3.8) is 0 Å². The number of rotatable bonds is 8. The maximum atomic E-state index is 12.7. The standard InChI is InChI=1S/C24H19NOS.C15H12N2S.C8H7ClO/c1-17-12-14-18(15-13-17)21(26)16-22-25-23(19-8-4-2-5-9-19)24(27-22)20-10-6-3-7-11-20;16-15-17-13(11-7-3-1-4-8-11)14(18-15)12-9-5-2-6-10-12;1-6-2-4-7(5-3-6)8(9)10/h2-15H,16H2,1H3;1-10H,(H2,16,17);2-5H,1H3. The Balaban J connectivity index is 0.000000157. The Morgan fingerprint density at radius 2 is 0.891 bits per heavy atom. The van der Waals surface area contributed by atoms with E-state index in [4.69, 9.17) is 22.3 Å². The molecule has 0 fully saturated rings. The topological polar surface area (TPSA) is 85.9 Å². The van der Waals surface area contributed by atoms with E-state index < -0.39 is 5.24 Å². The van der Waals surface area contributed by atoms with Crippen LogP contribution in [-0.2, 0) is 6.42 Å². The van der Waals surface area contributed by atoms with Gasteiger partial charge in [-0.3, -0.25) is 9.59 Å². The molecule has 0 saturated carbocycles. The van der Waals surface area contributed by atoms with E-state index in [0.717, 1.165) is 65.1 Å². The molecule has 8 rings (SSSR count). The summed E-state index contributed by atoms with van der Waals surface area (Å²) in [7, 11) is 0. The second-order valence-electron chi connectivity index (χ2n) is 12.6. The molecular weight excluding hydrogens is 738 g/mol. The van der Waals surface area contributed by atoms with E-state index in [1.807, 2.05) is 123 Å². The van der Waals surface area contributed by atoms with Crippen LogP contribution in [0.15, 0.2) is 170 Å². The zero-order valence-electron chi connectivity index (χ0n) is 30.4. The van der Waals surface area contributed by atoms with Gasteiger partial charge in [0.05, 0.1) is 27.6 Å². The predicted octanol–water partition coefficient (Wildman–Crippen LogP) is 12.6. The Morgan fingerprint density at radius 3 is 1.33 bits per heavy atom. The van der Waals surface area contributed by atoms with E-state index in [-0.39, 0.29) is 5.78 Å². The summed E-state index contributed by atoms with van der Waals surface area (Å²) in [5.41, 5.74) is 15.8. The fourth-order valence-electron chi connectivity index (χ4n) is 5.59. The Labute approximate surface area is 334 Å². The van der Waals surface area contributed by atoms with E-state index in [9.17, 15) is 9.59 Å². The lowest BCUT2D eigenvalue weighted by Crippen LogP contribution is -2.03. The number of anilines is 1. The van der Waals surface area contributed by atoms with Crippen LogP contribution in [0.5, 0.6) is 0 Å². The molecule has 0 bridgehead atoms. The lowest BCUT2D eigenvalue weighted by molar-refractivity contribution is 0.0992. The first-order valence-electron chi connectivity index (χ1n) is 17.6. The van der Waals surface area contributed by atoms with Crippen LogP contribution in [0.1, 0.15) is 36.9 Å². The van der Waals surface area contributed by atoms with Crippen molar-refractivity contribution < 1.29 is 9.59 Å². The number of aromatic nitrogens is 2. The number of nitrogen functional groups attached to an aromatic ring is 1. The molecule has 0 spiro atoms. The molecule has 0 saturated heterocycles. The molecule has 5 nitrogen and oxygen atoms in total. The van der Waals surface area contributed by atoms with E-state index in [1.54, 1.807) is 23.5 Å². The number of carbonyl (C=O) groups is 2. The van der Waals surface area contributed by atoms with Gasteiger partial charge in [-0.05, 0) is 48.7 Å². The highest BCUT2D eigenvalue weighted by Gasteiger charge is 2.18. The Hall–Kier alpha value is -5.99. The fourth-order valence-corrected chi connectivity index (χ4v) is 7.67. The minimum Gasteiger partial charge on any atom is -0.375 e. The number of aryl methyl sites for hydroxylation is 2. The highest BCUT2D eigenvalue weighted by Crippen LogP contribution is 2.38. The van der Waals surface area contributed by atoms with Gasteiger partial charge in [0.1, 0.15) is 5.01 Å². The van der Waals surface area contributed by atoms with Gasteiger partial charge in [0, 0.05) is 22.3 Å². The van der Waals surface area contributed by atoms with Crippen LogP contribution >= 0.6 is 34.3 Å². The predicted molar refractivity (Wildman–Crippen MR) is 231 cm³/mol. The molecule has 55 heavy (non-hydrogen) atoms. The van der Waals surface area contributed by atoms with Crippen molar-refractivity contribution in [1.29, 1.82) is 0 Å². The van der Waals surface area contributed by atoms with Crippen molar-refractivity contribution in [3.8, 4) is 43.4 Å². The van der Waals surface area contributed by atoms with E-state index in [2.05, 4.69) is 53.5 Å². The van der Waals surface area contributed by atoms with Crippen LogP contribution in [0.3, 0.4) is 0 Å². The zero-order chi connectivity index (χ0) is 38.6. The summed E-state index contributed by atoms with van der Waals surface area (Å²) in [5, 5.41) is 1.05. The summed E-state index contributed by atoms with van der Waals surface area (Å²) >= 11 is 8.35. The van der Waals surface area contributed by atoms with Gasteiger partial charge in [0.2, 0.25) is 0 Å². The van der Waals surface area contributed by atoms with Crippen LogP contribution in [-0.4, -0.2) is 21.0 Å². The number of Topliss-reactive ketones (excluding diaryl/α,β-unsaturated/α-hetero) is 1. The van der Waals surface area contributed by atoms with Gasteiger partial charge in [-0.2, -0.15) is 0 Å².